The molecule has 1 rings (SSSR count). The summed E-state index contributed by atoms with van der Waals surface area (Å²) in [5, 5.41) is 8.31. The first-order valence-electron chi connectivity index (χ1n) is 3.55. The number of rotatable bonds is 2. The van der Waals surface area contributed by atoms with Crippen LogP contribution in [0.15, 0.2) is 24.3 Å². The maximum atomic E-state index is 12.6. The lowest BCUT2D eigenvalue weighted by Gasteiger charge is -1.98. The van der Waals surface area contributed by atoms with E-state index in [9.17, 15) is 9.18 Å². The highest BCUT2D eigenvalue weighted by Gasteiger charge is 1.97. The van der Waals surface area contributed by atoms with Crippen molar-refractivity contribution in [2.75, 3.05) is 5.73 Å². The van der Waals surface area contributed by atoms with Gasteiger partial charge in [0.05, 0.1) is 0 Å². The number of anilines is 1. The molecule has 68 valence electrons. The minimum atomic E-state index is -1.09. The summed E-state index contributed by atoms with van der Waals surface area (Å²) in [4.78, 5) is 10.1. The highest BCUT2D eigenvalue weighted by molar-refractivity contribution is 5.86. The van der Waals surface area contributed by atoms with Crippen LogP contribution in [0, 0.1) is 5.82 Å². The van der Waals surface area contributed by atoms with E-state index in [-0.39, 0.29) is 0 Å². The number of aliphatic carboxylic acids is 1. The smallest absolute Gasteiger partial charge is 0.328 e. The summed E-state index contributed by atoms with van der Waals surface area (Å²) in [6.07, 6.45) is 2.16. The molecular weight excluding hydrogens is 173 g/mol. The molecule has 0 unspecified atom stereocenters. The fourth-order valence-corrected chi connectivity index (χ4v) is 0.851. The third-order valence-electron chi connectivity index (χ3n) is 1.45. The van der Waals surface area contributed by atoms with Crippen molar-refractivity contribution in [3.05, 3.63) is 35.7 Å². The Morgan fingerprint density at radius 2 is 2.23 bits per heavy atom. The van der Waals surface area contributed by atoms with Crippen LogP contribution in [0.2, 0.25) is 0 Å². The summed E-state index contributed by atoms with van der Waals surface area (Å²) in [5.41, 5.74) is 6.17. The Kier molecular flexibility index (Phi) is 2.64. The maximum Gasteiger partial charge on any atom is 0.328 e. The van der Waals surface area contributed by atoms with E-state index in [2.05, 4.69) is 0 Å². The van der Waals surface area contributed by atoms with Crippen LogP contribution in [0.1, 0.15) is 5.56 Å². The molecule has 3 N–H and O–H groups in total. The monoisotopic (exact) mass is 181 g/mol. The van der Waals surface area contributed by atoms with Crippen LogP contribution in [0.25, 0.3) is 6.08 Å². The zero-order valence-corrected chi connectivity index (χ0v) is 6.70. The van der Waals surface area contributed by atoms with Crippen LogP contribution in [0.5, 0.6) is 0 Å². The molecule has 1 aromatic carbocycles. The Labute approximate surface area is 74.3 Å². The molecule has 0 amide bonds. The van der Waals surface area contributed by atoms with E-state index >= 15 is 0 Å². The second-order valence-electron chi connectivity index (χ2n) is 2.44. The Morgan fingerprint density at radius 3 is 2.85 bits per heavy atom. The average molecular weight is 181 g/mol. The van der Waals surface area contributed by atoms with Crippen LogP contribution in [0.4, 0.5) is 10.1 Å². The van der Waals surface area contributed by atoms with E-state index < -0.39 is 11.8 Å². The van der Waals surface area contributed by atoms with Crippen molar-refractivity contribution in [1.29, 1.82) is 0 Å². The molecule has 0 heterocycles. The van der Waals surface area contributed by atoms with Crippen LogP contribution in [0.3, 0.4) is 0 Å². The van der Waals surface area contributed by atoms with E-state index in [4.69, 9.17) is 10.8 Å². The maximum absolute atomic E-state index is 12.6. The van der Waals surface area contributed by atoms with Crippen molar-refractivity contribution >= 4 is 17.7 Å². The van der Waals surface area contributed by atoms with Gasteiger partial charge in [-0.1, -0.05) is 0 Å². The van der Waals surface area contributed by atoms with E-state index in [1.807, 2.05) is 0 Å². The van der Waals surface area contributed by atoms with Gasteiger partial charge < -0.3 is 10.8 Å². The van der Waals surface area contributed by atoms with Crippen LogP contribution < -0.4 is 5.73 Å². The van der Waals surface area contributed by atoms with Gasteiger partial charge in [0.1, 0.15) is 5.82 Å². The fourth-order valence-electron chi connectivity index (χ4n) is 0.851. The zero-order valence-electron chi connectivity index (χ0n) is 6.70. The summed E-state index contributed by atoms with van der Waals surface area (Å²) in [5.74, 6) is -1.54. The van der Waals surface area contributed by atoms with Crippen molar-refractivity contribution in [2.45, 2.75) is 0 Å². The topological polar surface area (TPSA) is 63.3 Å². The number of carbonyl (C=O) groups is 1. The highest BCUT2D eigenvalue weighted by atomic mass is 19.1. The largest absolute Gasteiger partial charge is 0.478 e. The molecule has 0 bridgehead atoms. The molecule has 4 heteroatoms. The van der Waals surface area contributed by atoms with Gasteiger partial charge in [-0.2, -0.15) is 0 Å². The minimum absolute atomic E-state index is 0.346. The van der Waals surface area contributed by atoms with Crippen molar-refractivity contribution in [3.8, 4) is 0 Å². The number of hydrogen-bond acceptors (Lipinski definition) is 2. The summed E-state index contributed by atoms with van der Waals surface area (Å²) in [7, 11) is 0. The lowest BCUT2D eigenvalue weighted by molar-refractivity contribution is -0.131. The second-order valence-corrected chi connectivity index (χ2v) is 2.44. The highest BCUT2D eigenvalue weighted by Crippen LogP contribution is 2.14. The Bertz CT molecular complexity index is 361. The summed E-state index contributed by atoms with van der Waals surface area (Å²) in [6, 6.07) is 3.78. The lowest BCUT2D eigenvalue weighted by atomic mass is 10.1. The predicted molar refractivity (Wildman–Crippen MR) is 47.5 cm³/mol. The van der Waals surface area contributed by atoms with Crippen molar-refractivity contribution < 1.29 is 14.3 Å². The molecule has 0 aliphatic heterocycles. The van der Waals surface area contributed by atoms with Crippen LogP contribution in [-0.2, 0) is 4.79 Å². The fraction of sp³-hybridized carbons (Fsp3) is 0. The van der Waals surface area contributed by atoms with Crippen molar-refractivity contribution in [2.24, 2.45) is 0 Å². The molecule has 0 saturated carbocycles. The minimum Gasteiger partial charge on any atom is -0.478 e. The third kappa shape index (κ3) is 2.59. The Hall–Kier alpha value is -1.84. The summed E-state index contributed by atoms with van der Waals surface area (Å²) in [6.45, 7) is 0. The van der Waals surface area contributed by atoms with Crippen molar-refractivity contribution in [1.82, 2.24) is 0 Å². The summed E-state index contributed by atoms with van der Waals surface area (Å²) >= 11 is 0. The van der Waals surface area contributed by atoms with E-state index in [0.29, 0.717) is 11.3 Å². The van der Waals surface area contributed by atoms with E-state index in [1.165, 1.54) is 24.3 Å². The molecule has 0 aliphatic carbocycles. The predicted octanol–water partition coefficient (Wildman–Crippen LogP) is 1.51. The molecule has 13 heavy (non-hydrogen) atoms. The number of benzene rings is 1. The quantitative estimate of drug-likeness (QED) is 0.536. The van der Waals surface area contributed by atoms with Gasteiger partial charge in [-0.3, -0.25) is 0 Å². The first kappa shape index (κ1) is 9.25. The molecule has 0 aromatic heterocycles. The molecule has 0 saturated heterocycles. The van der Waals surface area contributed by atoms with Gasteiger partial charge in [-0.25, -0.2) is 9.18 Å². The SMILES string of the molecule is Nc1ccc(F)cc1C=CC(=O)O. The summed E-state index contributed by atoms with van der Waals surface area (Å²) < 4.78 is 12.6. The molecule has 0 atom stereocenters. The van der Waals surface area contributed by atoms with Gasteiger partial charge in [0, 0.05) is 17.3 Å². The Balaban J connectivity index is 3.00. The van der Waals surface area contributed by atoms with Gasteiger partial charge in [-0.15, -0.1) is 0 Å². The molecule has 0 spiro atoms. The molecule has 0 radical (unpaired) electrons. The number of hydrogen-bond donors (Lipinski definition) is 2. The van der Waals surface area contributed by atoms with E-state index in [0.717, 1.165) is 6.08 Å². The molecule has 0 fully saturated rings. The number of carboxylic acid groups (broad SMARTS) is 1. The van der Waals surface area contributed by atoms with Gasteiger partial charge in [0.15, 0.2) is 0 Å². The average Bonchev–Trinajstić information content (AvgIpc) is 2.06. The number of nitrogens with two attached hydrogens (primary N) is 1. The molecule has 3 nitrogen and oxygen atoms in total. The number of carboxylic acids is 1. The first-order valence-corrected chi connectivity index (χ1v) is 3.55. The number of halogens is 1. The molecular formula is C9H8FNO2. The number of nitrogen functional groups attached to an aromatic ring is 1. The second kappa shape index (κ2) is 3.71. The van der Waals surface area contributed by atoms with Gasteiger partial charge in [-0.05, 0) is 24.3 Å². The standard InChI is InChI=1S/C9H8FNO2/c10-7-2-3-8(11)6(5-7)1-4-9(12)13/h1-5H,11H2,(H,12,13). The molecule has 0 aliphatic rings. The van der Waals surface area contributed by atoms with E-state index in [1.54, 1.807) is 0 Å². The van der Waals surface area contributed by atoms with Crippen LogP contribution in [-0.4, -0.2) is 11.1 Å². The zero-order chi connectivity index (χ0) is 9.84. The lowest BCUT2D eigenvalue weighted by Crippen LogP contribution is -1.91. The Morgan fingerprint density at radius 1 is 1.54 bits per heavy atom. The van der Waals surface area contributed by atoms with Crippen LogP contribution >= 0.6 is 0 Å². The molecule has 1 aromatic rings. The third-order valence-corrected chi connectivity index (χ3v) is 1.45. The first-order chi connectivity index (χ1) is 6.09. The van der Waals surface area contributed by atoms with Crippen molar-refractivity contribution in [3.63, 3.8) is 0 Å². The normalized spacial score (nSPS) is 10.5. The van der Waals surface area contributed by atoms with Gasteiger partial charge >= 0.3 is 5.97 Å². The van der Waals surface area contributed by atoms with Gasteiger partial charge in [0.25, 0.3) is 0 Å². The van der Waals surface area contributed by atoms with Gasteiger partial charge in [0.2, 0.25) is 0 Å².